The highest BCUT2D eigenvalue weighted by Crippen LogP contribution is 2.24. The van der Waals surface area contributed by atoms with Crippen molar-refractivity contribution in [3.05, 3.63) is 58.3 Å². The van der Waals surface area contributed by atoms with Crippen molar-refractivity contribution in [1.29, 1.82) is 0 Å². The molecular formula is C13H12BrFN2. The molecule has 2 aromatic carbocycles. The van der Waals surface area contributed by atoms with E-state index in [-0.39, 0.29) is 12.4 Å². The highest BCUT2D eigenvalue weighted by Gasteiger charge is 2.06. The van der Waals surface area contributed by atoms with Gasteiger partial charge in [-0.05, 0) is 30.3 Å². The summed E-state index contributed by atoms with van der Waals surface area (Å²) < 4.78 is 14.5. The fourth-order valence-electron chi connectivity index (χ4n) is 1.60. The maximum Gasteiger partial charge on any atom is 0.129 e. The number of nitrogens with two attached hydrogens (primary N) is 1. The molecular weight excluding hydrogens is 283 g/mol. The van der Waals surface area contributed by atoms with Crippen LogP contribution in [0.25, 0.3) is 0 Å². The van der Waals surface area contributed by atoms with Crippen LogP contribution in [0.3, 0.4) is 0 Å². The second kappa shape index (κ2) is 5.29. The molecule has 3 N–H and O–H groups in total. The first-order chi connectivity index (χ1) is 8.20. The van der Waals surface area contributed by atoms with Gasteiger partial charge in [0.2, 0.25) is 0 Å². The predicted octanol–water partition coefficient (Wildman–Crippen LogP) is 3.79. The lowest BCUT2D eigenvalue weighted by Crippen LogP contribution is -2.04. The number of benzene rings is 2. The summed E-state index contributed by atoms with van der Waals surface area (Å²) in [6.07, 6.45) is 0. The SMILES string of the molecule is NCc1c(F)cccc1Nc1cccc(Br)c1. The molecule has 0 fully saturated rings. The minimum absolute atomic E-state index is 0.170. The van der Waals surface area contributed by atoms with Crippen molar-refractivity contribution in [3.8, 4) is 0 Å². The van der Waals surface area contributed by atoms with Crippen molar-refractivity contribution >= 4 is 27.3 Å². The van der Waals surface area contributed by atoms with Crippen LogP contribution in [0.15, 0.2) is 46.9 Å². The lowest BCUT2D eigenvalue weighted by atomic mass is 10.1. The third-order valence-corrected chi connectivity index (χ3v) is 2.92. The van der Waals surface area contributed by atoms with E-state index < -0.39 is 0 Å². The Bertz CT molecular complexity index is 529. The Hall–Kier alpha value is -1.39. The number of rotatable bonds is 3. The van der Waals surface area contributed by atoms with Gasteiger partial charge in [-0.15, -0.1) is 0 Å². The minimum atomic E-state index is -0.285. The zero-order valence-electron chi connectivity index (χ0n) is 9.08. The van der Waals surface area contributed by atoms with Crippen LogP contribution in [0.4, 0.5) is 15.8 Å². The highest BCUT2D eigenvalue weighted by molar-refractivity contribution is 9.10. The van der Waals surface area contributed by atoms with Gasteiger partial charge < -0.3 is 11.1 Å². The molecule has 0 amide bonds. The Morgan fingerprint density at radius 1 is 1.18 bits per heavy atom. The van der Waals surface area contributed by atoms with Crippen LogP contribution in [0.1, 0.15) is 5.56 Å². The van der Waals surface area contributed by atoms with E-state index in [1.165, 1.54) is 6.07 Å². The van der Waals surface area contributed by atoms with Crippen molar-refractivity contribution in [3.63, 3.8) is 0 Å². The molecule has 0 aliphatic rings. The Balaban J connectivity index is 2.33. The van der Waals surface area contributed by atoms with Gasteiger partial charge in [-0.1, -0.05) is 28.1 Å². The molecule has 2 aromatic rings. The van der Waals surface area contributed by atoms with Crippen molar-refractivity contribution in [2.75, 3.05) is 5.32 Å². The zero-order valence-corrected chi connectivity index (χ0v) is 10.7. The van der Waals surface area contributed by atoms with Gasteiger partial charge in [0.15, 0.2) is 0 Å². The first kappa shape index (κ1) is 12.1. The number of hydrogen-bond acceptors (Lipinski definition) is 2. The monoisotopic (exact) mass is 294 g/mol. The zero-order chi connectivity index (χ0) is 12.3. The number of halogens is 2. The van der Waals surface area contributed by atoms with Crippen molar-refractivity contribution in [2.24, 2.45) is 5.73 Å². The largest absolute Gasteiger partial charge is 0.355 e. The lowest BCUT2D eigenvalue weighted by Gasteiger charge is -2.11. The Morgan fingerprint density at radius 3 is 2.65 bits per heavy atom. The van der Waals surface area contributed by atoms with Crippen LogP contribution in [0.5, 0.6) is 0 Å². The first-order valence-corrected chi connectivity index (χ1v) is 6.00. The number of nitrogens with one attached hydrogen (secondary N) is 1. The molecule has 0 aliphatic carbocycles. The maximum atomic E-state index is 13.5. The molecule has 0 aliphatic heterocycles. The topological polar surface area (TPSA) is 38.0 Å². The summed E-state index contributed by atoms with van der Waals surface area (Å²) in [7, 11) is 0. The summed E-state index contributed by atoms with van der Waals surface area (Å²) in [6.45, 7) is 0.170. The van der Waals surface area contributed by atoms with Gasteiger partial charge in [0.05, 0.1) is 0 Å². The van der Waals surface area contributed by atoms with Crippen LogP contribution in [-0.4, -0.2) is 0 Å². The minimum Gasteiger partial charge on any atom is -0.355 e. The van der Waals surface area contributed by atoms with Crippen molar-refractivity contribution < 1.29 is 4.39 Å². The van der Waals surface area contributed by atoms with E-state index >= 15 is 0 Å². The molecule has 0 unspecified atom stereocenters. The van der Waals surface area contributed by atoms with Crippen molar-refractivity contribution in [1.82, 2.24) is 0 Å². The van der Waals surface area contributed by atoms with Gasteiger partial charge in [-0.2, -0.15) is 0 Å². The predicted molar refractivity (Wildman–Crippen MR) is 71.7 cm³/mol. The van der Waals surface area contributed by atoms with E-state index in [4.69, 9.17) is 5.73 Å². The summed E-state index contributed by atoms with van der Waals surface area (Å²) in [6, 6.07) is 12.6. The second-order valence-electron chi connectivity index (χ2n) is 3.61. The summed E-state index contributed by atoms with van der Waals surface area (Å²) in [5.74, 6) is -0.285. The van der Waals surface area contributed by atoms with E-state index in [1.807, 2.05) is 30.3 Å². The molecule has 0 saturated carbocycles. The fraction of sp³-hybridized carbons (Fsp3) is 0.0769. The Labute approximate surface area is 108 Å². The Kier molecular flexibility index (Phi) is 3.76. The van der Waals surface area contributed by atoms with E-state index in [9.17, 15) is 4.39 Å². The van der Waals surface area contributed by atoms with Gasteiger partial charge in [-0.25, -0.2) is 4.39 Å². The molecule has 0 atom stereocenters. The lowest BCUT2D eigenvalue weighted by molar-refractivity contribution is 0.611. The van der Waals surface area contributed by atoms with E-state index in [0.717, 1.165) is 10.2 Å². The molecule has 17 heavy (non-hydrogen) atoms. The smallest absolute Gasteiger partial charge is 0.129 e. The first-order valence-electron chi connectivity index (χ1n) is 5.21. The molecule has 0 radical (unpaired) electrons. The third-order valence-electron chi connectivity index (χ3n) is 2.43. The standard InChI is InChI=1S/C13H12BrFN2/c14-9-3-1-4-10(7-9)17-13-6-2-5-12(15)11(13)8-16/h1-7,17H,8,16H2. The second-order valence-corrected chi connectivity index (χ2v) is 4.52. The third kappa shape index (κ3) is 2.84. The Morgan fingerprint density at radius 2 is 1.94 bits per heavy atom. The van der Waals surface area contributed by atoms with E-state index in [2.05, 4.69) is 21.2 Å². The molecule has 0 aromatic heterocycles. The summed E-state index contributed by atoms with van der Waals surface area (Å²) >= 11 is 3.39. The maximum absolute atomic E-state index is 13.5. The molecule has 0 heterocycles. The molecule has 0 spiro atoms. The molecule has 88 valence electrons. The van der Waals surface area contributed by atoms with Crippen LogP contribution in [0.2, 0.25) is 0 Å². The van der Waals surface area contributed by atoms with Gasteiger partial charge in [0, 0.05) is 28.0 Å². The van der Waals surface area contributed by atoms with E-state index in [1.54, 1.807) is 6.07 Å². The molecule has 2 rings (SSSR count). The quantitative estimate of drug-likeness (QED) is 0.904. The van der Waals surface area contributed by atoms with Crippen molar-refractivity contribution in [2.45, 2.75) is 6.54 Å². The summed E-state index contributed by atoms with van der Waals surface area (Å²) in [5.41, 5.74) is 7.63. The summed E-state index contributed by atoms with van der Waals surface area (Å²) in [4.78, 5) is 0. The average molecular weight is 295 g/mol. The normalized spacial score (nSPS) is 10.3. The summed E-state index contributed by atoms with van der Waals surface area (Å²) in [5, 5.41) is 3.16. The molecule has 4 heteroatoms. The van der Waals surface area contributed by atoms with Crippen LogP contribution in [-0.2, 0) is 6.54 Å². The van der Waals surface area contributed by atoms with Crippen LogP contribution in [0, 0.1) is 5.82 Å². The highest BCUT2D eigenvalue weighted by atomic mass is 79.9. The average Bonchev–Trinajstić information content (AvgIpc) is 2.29. The molecule has 2 nitrogen and oxygen atoms in total. The number of hydrogen-bond donors (Lipinski definition) is 2. The van der Waals surface area contributed by atoms with Gasteiger partial charge in [-0.3, -0.25) is 0 Å². The fourth-order valence-corrected chi connectivity index (χ4v) is 2.00. The van der Waals surface area contributed by atoms with Crippen LogP contribution < -0.4 is 11.1 Å². The molecule has 0 saturated heterocycles. The van der Waals surface area contributed by atoms with Gasteiger partial charge in [0.25, 0.3) is 0 Å². The van der Waals surface area contributed by atoms with E-state index in [0.29, 0.717) is 11.3 Å². The van der Waals surface area contributed by atoms with Crippen LogP contribution >= 0.6 is 15.9 Å². The van der Waals surface area contributed by atoms with Gasteiger partial charge in [0.1, 0.15) is 5.82 Å². The van der Waals surface area contributed by atoms with Gasteiger partial charge >= 0.3 is 0 Å². The molecule has 0 bridgehead atoms. The number of anilines is 2.